The predicted octanol–water partition coefficient (Wildman–Crippen LogP) is 1.92. The molecule has 2 aromatic rings. The normalized spacial score (nSPS) is 13.7. The molecule has 1 aromatic heterocycles. The molecule has 1 amide bonds. The van der Waals surface area contributed by atoms with Gasteiger partial charge >= 0.3 is 5.97 Å². The van der Waals surface area contributed by atoms with E-state index < -0.39 is 17.9 Å². The van der Waals surface area contributed by atoms with Gasteiger partial charge in [0.15, 0.2) is 5.96 Å². The molecule has 10 nitrogen and oxygen atoms in total. The van der Waals surface area contributed by atoms with Crippen molar-refractivity contribution >= 4 is 17.8 Å². The number of benzene rings is 1. The number of pyridine rings is 1. The van der Waals surface area contributed by atoms with E-state index in [1.165, 1.54) is 12.1 Å². The average molecular weight is 470 g/mol. The molecule has 1 atom stereocenters. The largest absolute Gasteiger partial charge is 0.507 e. The quantitative estimate of drug-likeness (QED) is 0.290. The molecule has 0 aliphatic carbocycles. The third kappa shape index (κ3) is 7.65. The first-order valence-corrected chi connectivity index (χ1v) is 11.4. The highest BCUT2D eigenvalue weighted by molar-refractivity contribution is 5.97. The molecule has 4 N–H and O–H groups in total. The van der Waals surface area contributed by atoms with Gasteiger partial charge in [0, 0.05) is 31.5 Å². The number of aliphatic imine (C=N–C) groups is 1. The zero-order valence-corrected chi connectivity index (χ0v) is 19.3. The Bertz CT molecular complexity index is 983. The van der Waals surface area contributed by atoms with E-state index in [1.54, 1.807) is 30.6 Å². The zero-order valence-electron chi connectivity index (χ0n) is 19.3. The summed E-state index contributed by atoms with van der Waals surface area (Å²) in [5.41, 5.74) is 0.732. The summed E-state index contributed by atoms with van der Waals surface area (Å²) in [5.74, 6) is 0.0174. The summed E-state index contributed by atoms with van der Waals surface area (Å²) in [5, 5.41) is 19.5. The first kappa shape index (κ1) is 24.8. The fourth-order valence-electron chi connectivity index (χ4n) is 3.29. The summed E-state index contributed by atoms with van der Waals surface area (Å²) < 4.78 is 10.8. The van der Waals surface area contributed by atoms with Crippen LogP contribution in [0.5, 0.6) is 11.5 Å². The molecule has 3 rings (SSSR count). The lowest BCUT2D eigenvalue weighted by atomic mass is 10.0. The number of phenolic OH excluding ortho intramolecular Hbond substituents is 1. The van der Waals surface area contributed by atoms with Gasteiger partial charge < -0.3 is 30.5 Å². The number of nitrogens with zero attached hydrogens (tertiary/aromatic N) is 2. The minimum Gasteiger partial charge on any atom is -0.507 e. The van der Waals surface area contributed by atoms with E-state index in [9.17, 15) is 14.7 Å². The van der Waals surface area contributed by atoms with Crippen molar-refractivity contribution in [2.24, 2.45) is 4.99 Å². The van der Waals surface area contributed by atoms with E-state index in [-0.39, 0.29) is 17.7 Å². The van der Waals surface area contributed by atoms with Crippen molar-refractivity contribution < 1.29 is 24.2 Å². The summed E-state index contributed by atoms with van der Waals surface area (Å²) in [7, 11) is 0. The highest BCUT2D eigenvalue weighted by Gasteiger charge is 2.22. The van der Waals surface area contributed by atoms with Crippen LogP contribution in [0.3, 0.4) is 0 Å². The molecule has 0 saturated heterocycles. The maximum absolute atomic E-state index is 12.9. The van der Waals surface area contributed by atoms with Crippen molar-refractivity contribution in [3.8, 4) is 11.5 Å². The van der Waals surface area contributed by atoms with Gasteiger partial charge in [0.25, 0.3) is 5.91 Å². The predicted molar refractivity (Wildman–Crippen MR) is 127 cm³/mol. The third-order valence-electron chi connectivity index (χ3n) is 5.00. The maximum atomic E-state index is 12.9. The maximum Gasteiger partial charge on any atom is 0.308 e. The van der Waals surface area contributed by atoms with Gasteiger partial charge in [-0.15, -0.1) is 0 Å². The lowest BCUT2D eigenvalue weighted by molar-refractivity contribution is -0.144. The van der Waals surface area contributed by atoms with Crippen molar-refractivity contribution in [1.29, 1.82) is 0 Å². The SMILES string of the molecule is CCCOC(=O)CC(NC(=O)c1ccc(OCCNC2=NCCCN2)cc1O)c1cccnc1. The Morgan fingerprint density at radius 1 is 1.26 bits per heavy atom. The zero-order chi connectivity index (χ0) is 24.2. The number of amides is 1. The summed E-state index contributed by atoms with van der Waals surface area (Å²) in [6.07, 6.45) is 4.87. The molecule has 1 aromatic carbocycles. The van der Waals surface area contributed by atoms with Crippen LogP contribution in [0.1, 0.15) is 48.1 Å². The van der Waals surface area contributed by atoms with Gasteiger partial charge in [-0.05, 0) is 36.6 Å². The van der Waals surface area contributed by atoms with Gasteiger partial charge in [-0.1, -0.05) is 13.0 Å². The molecule has 10 heteroatoms. The fraction of sp³-hybridized carbons (Fsp3) is 0.417. The number of phenols is 1. The number of hydrogen-bond donors (Lipinski definition) is 4. The molecular formula is C24H31N5O5. The van der Waals surface area contributed by atoms with Crippen LogP contribution < -0.4 is 20.7 Å². The summed E-state index contributed by atoms with van der Waals surface area (Å²) in [6, 6.07) is 7.32. The van der Waals surface area contributed by atoms with Gasteiger partial charge in [-0.2, -0.15) is 0 Å². The van der Waals surface area contributed by atoms with Crippen LogP contribution in [0.4, 0.5) is 0 Å². The Morgan fingerprint density at radius 3 is 2.85 bits per heavy atom. The fourth-order valence-corrected chi connectivity index (χ4v) is 3.29. The number of rotatable bonds is 11. The van der Waals surface area contributed by atoms with E-state index in [2.05, 4.69) is 25.9 Å². The number of ether oxygens (including phenoxy) is 2. The molecule has 0 spiro atoms. The number of esters is 1. The first-order valence-electron chi connectivity index (χ1n) is 11.4. The molecule has 0 fully saturated rings. The molecule has 34 heavy (non-hydrogen) atoms. The minimum atomic E-state index is -0.650. The summed E-state index contributed by atoms with van der Waals surface area (Å²) in [4.78, 5) is 33.4. The van der Waals surface area contributed by atoms with Gasteiger partial charge in [0.1, 0.15) is 18.1 Å². The van der Waals surface area contributed by atoms with Gasteiger partial charge in [-0.3, -0.25) is 19.6 Å². The Kier molecular flexibility index (Phi) is 9.51. The van der Waals surface area contributed by atoms with E-state index in [0.717, 1.165) is 25.5 Å². The van der Waals surface area contributed by atoms with Crippen LogP contribution in [0.15, 0.2) is 47.7 Å². The van der Waals surface area contributed by atoms with Crippen molar-refractivity contribution in [2.45, 2.75) is 32.2 Å². The van der Waals surface area contributed by atoms with Gasteiger partial charge in [0.2, 0.25) is 0 Å². The van der Waals surface area contributed by atoms with Crippen LogP contribution in [0, 0.1) is 0 Å². The van der Waals surface area contributed by atoms with Crippen molar-refractivity contribution in [2.75, 3.05) is 32.8 Å². The summed E-state index contributed by atoms with van der Waals surface area (Å²) in [6.45, 7) is 4.81. The number of nitrogens with one attached hydrogen (secondary N) is 3. The molecule has 2 heterocycles. The van der Waals surface area contributed by atoms with Crippen LogP contribution in [0.25, 0.3) is 0 Å². The van der Waals surface area contributed by atoms with E-state index in [0.29, 0.717) is 37.5 Å². The van der Waals surface area contributed by atoms with Crippen LogP contribution >= 0.6 is 0 Å². The Morgan fingerprint density at radius 2 is 2.15 bits per heavy atom. The number of aromatic hydroxyl groups is 1. The molecule has 182 valence electrons. The number of carbonyl (C=O) groups excluding carboxylic acids is 2. The van der Waals surface area contributed by atoms with E-state index in [1.807, 2.05) is 6.92 Å². The highest BCUT2D eigenvalue weighted by atomic mass is 16.5. The molecule has 0 radical (unpaired) electrons. The molecule has 1 unspecified atom stereocenters. The van der Waals surface area contributed by atoms with Crippen LogP contribution in [-0.2, 0) is 9.53 Å². The Balaban J connectivity index is 1.58. The van der Waals surface area contributed by atoms with Crippen molar-refractivity contribution in [3.63, 3.8) is 0 Å². The Labute approximate surface area is 198 Å². The molecule has 0 saturated carbocycles. The number of guanidine groups is 1. The smallest absolute Gasteiger partial charge is 0.308 e. The molecule has 1 aliphatic rings. The standard InChI is InChI=1S/C24H31N5O5/c1-2-12-34-22(31)15-20(17-5-3-8-25-16-17)29-23(32)19-7-6-18(14-21(19)30)33-13-11-28-24-26-9-4-10-27-24/h3,5-8,14,16,20,30H,2,4,9-13,15H2,1H3,(H,29,32)(H2,26,27,28). The van der Waals surface area contributed by atoms with Crippen LogP contribution in [0.2, 0.25) is 0 Å². The Hall–Kier alpha value is -3.82. The first-order chi connectivity index (χ1) is 16.6. The second-order valence-corrected chi connectivity index (χ2v) is 7.70. The van der Waals surface area contributed by atoms with Crippen LogP contribution in [-0.4, -0.2) is 60.8 Å². The second-order valence-electron chi connectivity index (χ2n) is 7.70. The topological polar surface area (TPSA) is 134 Å². The number of aromatic nitrogens is 1. The monoisotopic (exact) mass is 469 g/mol. The molecular weight excluding hydrogens is 438 g/mol. The van der Waals surface area contributed by atoms with E-state index >= 15 is 0 Å². The molecule has 0 bridgehead atoms. The van der Waals surface area contributed by atoms with E-state index in [4.69, 9.17) is 9.47 Å². The van der Waals surface area contributed by atoms with Gasteiger partial charge in [-0.25, -0.2) is 0 Å². The van der Waals surface area contributed by atoms with Gasteiger partial charge in [0.05, 0.1) is 31.2 Å². The minimum absolute atomic E-state index is 0.0491. The second kappa shape index (κ2) is 13.0. The van der Waals surface area contributed by atoms with Crippen molar-refractivity contribution in [3.05, 3.63) is 53.9 Å². The lowest BCUT2D eigenvalue weighted by Crippen LogP contribution is -2.42. The lowest BCUT2D eigenvalue weighted by Gasteiger charge is -2.19. The highest BCUT2D eigenvalue weighted by Crippen LogP contribution is 2.25. The average Bonchev–Trinajstić information content (AvgIpc) is 2.86. The third-order valence-corrected chi connectivity index (χ3v) is 5.00. The molecule has 1 aliphatic heterocycles. The summed E-state index contributed by atoms with van der Waals surface area (Å²) >= 11 is 0. The van der Waals surface area contributed by atoms with Crippen molar-refractivity contribution in [1.82, 2.24) is 20.9 Å². The number of hydrogen-bond acceptors (Lipinski definition) is 9. The number of carbonyl (C=O) groups is 2.